The third kappa shape index (κ3) is 4.68. The highest BCUT2D eigenvalue weighted by atomic mass is 35.5. The van der Waals surface area contributed by atoms with Gasteiger partial charge in [-0.05, 0) is 37.8 Å². The summed E-state index contributed by atoms with van der Waals surface area (Å²) < 4.78 is 0. The molecule has 0 aliphatic carbocycles. The van der Waals surface area contributed by atoms with Crippen molar-refractivity contribution >= 4 is 17.5 Å². The molecule has 0 radical (unpaired) electrons. The van der Waals surface area contributed by atoms with Gasteiger partial charge in [-0.25, -0.2) is 4.98 Å². The van der Waals surface area contributed by atoms with E-state index >= 15 is 0 Å². The van der Waals surface area contributed by atoms with Crippen molar-refractivity contribution < 1.29 is 4.79 Å². The lowest BCUT2D eigenvalue weighted by Crippen LogP contribution is -2.51. The first-order chi connectivity index (χ1) is 11.6. The predicted molar refractivity (Wildman–Crippen MR) is 96.0 cm³/mol. The molecule has 132 valence electrons. The van der Waals surface area contributed by atoms with Crippen LogP contribution in [-0.2, 0) is 11.3 Å². The number of hydrogen-bond acceptors (Lipinski definition) is 4. The smallest absolute Gasteiger partial charge is 0.236 e. The second-order valence-electron chi connectivity index (χ2n) is 6.97. The van der Waals surface area contributed by atoms with Crippen LogP contribution < -0.4 is 0 Å². The molecule has 2 aliphatic heterocycles. The van der Waals surface area contributed by atoms with Gasteiger partial charge in [0.05, 0.1) is 6.54 Å². The summed E-state index contributed by atoms with van der Waals surface area (Å²) in [5.74, 6) is 0.303. The first-order valence-electron chi connectivity index (χ1n) is 8.96. The highest BCUT2D eigenvalue weighted by Gasteiger charge is 2.26. The maximum absolute atomic E-state index is 12.5. The number of pyridine rings is 1. The molecule has 1 aromatic heterocycles. The van der Waals surface area contributed by atoms with Crippen LogP contribution in [0.1, 0.15) is 31.7 Å². The van der Waals surface area contributed by atoms with Gasteiger partial charge in [-0.3, -0.25) is 14.6 Å². The molecule has 1 amide bonds. The van der Waals surface area contributed by atoms with Crippen LogP contribution in [0, 0.1) is 0 Å². The number of amides is 1. The quantitative estimate of drug-likeness (QED) is 0.781. The molecule has 0 bridgehead atoms. The largest absolute Gasteiger partial charge is 0.339 e. The van der Waals surface area contributed by atoms with Gasteiger partial charge in [0.15, 0.2) is 0 Å². The molecule has 6 heteroatoms. The van der Waals surface area contributed by atoms with Crippen molar-refractivity contribution in [1.29, 1.82) is 0 Å². The summed E-state index contributed by atoms with van der Waals surface area (Å²) in [6.07, 6.45) is 5.40. The highest BCUT2D eigenvalue weighted by molar-refractivity contribution is 6.29. The Kier molecular flexibility index (Phi) is 6.09. The Morgan fingerprint density at radius 3 is 2.58 bits per heavy atom. The van der Waals surface area contributed by atoms with E-state index in [1.165, 1.54) is 12.0 Å². The molecule has 0 saturated carbocycles. The summed E-state index contributed by atoms with van der Waals surface area (Å²) in [7, 11) is 0. The average molecular weight is 351 g/mol. The normalized spacial score (nSPS) is 23.4. The van der Waals surface area contributed by atoms with E-state index in [2.05, 4.69) is 26.6 Å². The van der Waals surface area contributed by atoms with E-state index in [0.29, 0.717) is 23.6 Å². The lowest BCUT2D eigenvalue weighted by molar-refractivity contribution is -0.136. The Labute approximate surface area is 149 Å². The lowest BCUT2D eigenvalue weighted by Gasteiger charge is -2.38. The SMILES string of the molecule is CC1CCCCN1C(=O)CN1CCN(Cc2ccc(Cl)nc2)CC1. The molecule has 2 saturated heterocycles. The van der Waals surface area contributed by atoms with E-state index in [-0.39, 0.29) is 0 Å². The van der Waals surface area contributed by atoms with Crippen molar-refractivity contribution in [3.63, 3.8) is 0 Å². The fourth-order valence-corrected chi connectivity index (χ4v) is 3.73. The molecule has 0 N–H and O–H groups in total. The van der Waals surface area contributed by atoms with E-state index < -0.39 is 0 Å². The molecule has 2 aliphatic rings. The van der Waals surface area contributed by atoms with E-state index in [1.807, 2.05) is 18.3 Å². The van der Waals surface area contributed by atoms with Crippen LogP contribution in [0.3, 0.4) is 0 Å². The Morgan fingerprint density at radius 2 is 1.92 bits per heavy atom. The number of nitrogens with zero attached hydrogens (tertiary/aromatic N) is 4. The minimum absolute atomic E-state index is 0.303. The van der Waals surface area contributed by atoms with Gasteiger partial charge in [-0.2, -0.15) is 0 Å². The maximum Gasteiger partial charge on any atom is 0.236 e. The molecule has 0 spiro atoms. The van der Waals surface area contributed by atoms with Gasteiger partial charge in [0.1, 0.15) is 5.15 Å². The predicted octanol–water partition coefficient (Wildman–Crippen LogP) is 2.25. The molecular formula is C18H27ClN4O. The topological polar surface area (TPSA) is 39.7 Å². The van der Waals surface area contributed by atoms with Crippen LogP contribution in [0.25, 0.3) is 0 Å². The van der Waals surface area contributed by atoms with Gasteiger partial charge in [0, 0.05) is 51.5 Å². The Hall–Kier alpha value is -1.17. The van der Waals surface area contributed by atoms with Gasteiger partial charge in [0.2, 0.25) is 5.91 Å². The number of piperazine rings is 1. The Balaban J connectivity index is 1.43. The van der Waals surface area contributed by atoms with Crippen molar-refractivity contribution in [2.45, 2.75) is 38.8 Å². The zero-order valence-electron chi connectivity index (χ0n) is 14.5. The fraction of sp³-hybridized carbons (Fsp3) is 0.667. The lowest BCUT2D eigenvalue weighted by atomic mass is 10.0. The van der Waals surface area contributed by atoms with Crippen LogP contribution in [0.2, 0.25) is 5.15 Å². The molecule has 3 rings (SSSR count). The van der Waals surface area contributed by atoms with Gasteiger partial charge >= 0.3 is 0 Å². The standard InChI is InChI=1S/C18H27ClN4O/c1-15-4-2-3-7-23(15)18(24)14-22-10-8-21(9-11-22)13-16-5-6-17(19)20-12-16/h5-6,12,15H,2-4,7-11,13-14H2,1H3. The summed E-state index contributed by atoms with van der Waals surface area (Å²) in [5.41, 5.74) is 1.19. The van der Waals surface area contributed by atoms with Crippen molar-refractivity contribution in [1.82, 2.24) is 19.7 Å². The Bertz CT molecular complexity index is 542. The van der Waals surface area contributed by atoms with E-state index in [0.717, 1.165) is 52.1 Å². The summed E-state index contributed by atoms with van der Waals surface area (Å²) in [6.45, 7) is 8.47. The van der Waals surface area contributed by atoms with Crippen LogP contribution in [0.5, 0.6) is 0 Å². The molecule has 1 aromatic rings. The van der Waals surface area contributed by atoms with E-state index in [4.69, 9.17) is 11.6 Å². The van der Waals surface area contributed by atoms with Crippen LogP contribution >= 0.6 is 11.6 Å². The zero-order chi connectivity index (χ0) is 16.9. The monoisotopic (exact) mass is 350 g/mol. The number of rotatable bonds is 4. The van der Waals surface area contributed by atoms with Gasteiger partial charge < -0.3 is 4.90 Å². The first kappa shape index (κ1) is 17.6. The van der Waals surface area contributed by atoms with Crippen LogP contribution in [0.4, 0.5) is 0 Å². The average Bonchev–Trinajstić information content (AvgIpc) is 2.59. The Morgan fingerprint density at radius 1 is 1.17 bits per heavy atom. The first-order valence-corrected chi connectivity index (χ1v) is 9.34. The van der Waals surface area contributed by atoms with Crippen molar-refractivity contribution in [2.24, 2.45) is 0 Å². The molecule has 3 heterocycles. The molecule has 0 aromatic carbocycles. The second-order valence-corrected chi connectivity index (χ2v) is 7.36. The molecule has 24 heavy (non-hydrogen) atoms. The minimum Gasteiger partial charge on any atom is -0.339 e. The minimum atomic E-state index is 0.303. The summed E-state index contributed by atoms with van der Waals surface area (Å²) in [5, 5.41) is 0.536. The number of halogens is 1. The number of aromatic nitrogens is 1. The van der Waals surface area contributed by atoms with Gasteiger partial charge in [-0.1, -0.05) is 17.7 Å². The second kappa shape index (κ2) is 8.28. The summed E-state index contributed by atoms with van der Waals surface area (Å²) >= 11 is 5.83. The van der Waals surface area contributed by atoms with Crippen LogP contribution in [0.15, 0.2) is 18.3 Å². The number of carbonyl (C=O) groups is 1. The number of likely N-dealkylation sites (tertiary alicyclic amines) is 1. The number of hydrogen-bond donors (Lipinski definition) is 0. The molecule has 5 nitrogen and oxygen atoms in total. The molecule has 1 atom stereocenters. The zero-order valence-corrected chi connectivity index (χ0v) is 15.2. The summed E-state index contributed by atoms with van der Waals surface area (Å²) in [6, 6.07) is 4.28. The fourth-order valence-electron chi connectivity index (χ4n) is 3.61. The molecular weight excluding hydrogens is 324 g/mol. The van der Waals surface area contributed by atoms with E-state index in [1.54, 1.807) is 0 Å². The van der Waals surface area contributed by atoms with Gasteiger partial charge in [-0.15, -0.1) is 0 Å². The highest BCUT2D eigenvalue weighted by Crippen LogP contribution is 2.17. The molecule has 1 unspecified atom stereocenters. The third-order valence-corrected chi connectivity index (χ3v) is 5.37. The van der Waals surface area contributed by atoms with Crippen molar-refractivity contribution in [3.05, 3.63) is 29.0 Å². The van der Waals surface area contributed by atoms with Crippen LogP contribution in [-0.4, -0.2) is 70.9 Å². The van der Waals surface area contributed by atoms with Crippen molar-refractivity contribution in [3.8, 4) is 0 Å². The summed E-state index contributed by atoms with van der Waals surface area (Å²) in [4.78, 5) is 23.4. The van der Waals surface area contributed by atoms with Gasteiger partial charge in [0.25, 0.3) is 0 Å². The van der Waals surface area contributed by atoms with Crippen molar-refractivity contribution in [2.75, 3.05) is 39.3 Å². The maximum atomic E-state index is 12.5. The third-order valence-electron chi connectivity index (χ3n) is 5.14. The molecule has 2 fully saturated rings. The number of carbonyl (C=O) groups excluding carboxylic acids is 1. The van der Waals surface area contributed by atoms with E-state index in [9.17, 15) is 4.79 Å². The number of piperidine rings is 1.